The van der Waals surface area contributed by atoms with Gasteiger partial charge in [0.1, 0.15) is 5.75 Å². The highest BCUT2D eigenvalue weighted by Crippen LogP contribution is 2.27. The molecule has 0 saturated heterocycles. The number of amides is 1. The van der Waals surface area contributed by atoms with Gasteiger partial charge in [-0.3, -0.25) is 4.79 Å². The Hall–Kier alpha value is -2.55. The zero-order valence-corrected chi connectivity index (χ0v) is 14.5. The largest absolute Gasteiger partial charge is 0.497 e. The summed E-state index contributed by atoms with van der Waals surface area (Å²) in [5, 5.41) is 0. The van der Waals surface area contributed by atoms with Crippen LogP contribution in [0.25, 0.3) is 6.08 Å². The number of hydrogen-bond donors (Lipinski definition) is 0. The minimum absolute atomic E-state index is 0.0596. The summed E-state index contributed by atoms with van der Waals surface area (Å²) in [6.07, 6.45) is 5.13. The molecule has 0 bridgehead atoms. The van der Waals surface area contributed by atoms with E-state index in [1.807, 2.05) is 35.2 Å². The Bertz CT molecular complexity index is 760. The SMILES string of the molecule is COc1ccc2c(c1)CCN(c1ccc(C=CC(C)C)cc1)C2=O. The smallest absolute Gasteiger partial charge is 0.258 e. The highest BCUT2D eigenvalue weighted by atomic mass is 16.5. The van der Waals surface area contributed by atoms with Crippen LogP contribution < -0.4 is 9.64 Å². The first-order valence-electron chi connectivity index (χ1n) is 8.35. The molecule has 0 atom stereocenters. The van der Waals surface area contributed by atoms with E-state index in [9.17, 15) is 4.79 Å². The molecule has 0 spiro atoms. The van der Waals surface area contributed by atoms with E-state index in [2.05, 4.69) is 38.1 Å². The van der Waals surface area contributed by atoms with E-state index in [0.717, 1.165) is 34.5 Å². The van der Waals surface area contributed by atoms with Crippen LogP contribution in [-0.4, -0.2) is 19.6 Å². The second kappa shape index (κ2) is 6.91. The normalized spacial score (nSPS) is 14.3. The van der Waals surface area contributed by atoms with E-state index in [0.29, 0.717) is 12.5 Å². The lowest BCUT2D eigenvalue weighted by atomic mass is 9.98. The number of fused-ring (bicyclic) bond motifs is 1. The van der Waals surface area contributed by atoms with Crippen LogP contribution in [0.15, 0.2) is 48.5 Å². The molecule has 0 unspecified atom stereocenters. The summed E-state index contributed by atoms with van der Waals surface area (Å²) in [7, 11) is 1.65. The quantitative estimate of drug-likeness (QED) is 0.825. The summed E-state index contributed by atoms with van der Waals surface area (Å²) >= 11 is 0. The summed E-state index contributed by atoms with van der Waals surface area (Å²) in [6.45, 7) is 5.01. The molecule has 0 N–H and O–H groups in total. The molecule has 0 fully saturated rings. The summed E-state index contributed by atoms with van der Waals surface area (Å²) in [5.74, 6) is 1.39. The highest BCUT2D eigenvalue weighted by molar-refractivity contribution is 6.08. The van der Waals surface area contributed by atoms with Gasteiger partial charge in [0.2, 0.25) is 0 Å². The predicted octanol–water partition coefficient (Wildman–Crippen LogP) is 4.57. The van der Waals surface area contributed by atoms with Crippen LogP contribution in [-0.2, 0) is 6.42 Å². The van der Waals surface area contributed by atoms with Gasteiger partial charge >= 0.3 is 0 Å². The molecule has 2 aromatic rings. The number of methoxy groups -OCH3 is 1. The average Bonchev–Trinajstić information content (AvgIpc) is 2.60. The van der Waals surface area contributed by atoms with Crippen molar-refractivity contribution < 1.29 is 9.53 Å². The molecule has 0 saturated carbocycles. The van der Waals surface area contributed by atoms with Crippen LogP contribution in [0.5, 0.6) is 5.75 Å². The molecule has 2 aromatic carbocycles. The zero-order valence-electron chi connectivity index (χ0n) is 14.5. The summed E-state index contributed by atoms with van der Waals surface area (Å²) in [6, 6.07) is 13.8. The Morgan fingerprint density at radius 1 is 1.12 bits per heavy atom. The highest BCUT2D eigenvalue weighted by Gasteiger charge is 2.25. The minimum atomic E-state index is 0.0596. The summed E-state index contributed by atoms with van der Waals surface area (Å²) in [4.78, 5) is 14.6. The van der Waals surface area contributed by atoms with Crippen LogP contribution in [0.4, 0.5) is 5.69 Å². The second-order valence-corrected chi connectivity index (χ2v) is 6.42. The molecule has 1 amide bonds. The molecule has 1 aliphatic heterocycles. The molecule has 3 rings (SSSR count). The number of carbonyl (C=O) groups excluding carboxylic acids is 1. The van der Waals surface area contributed by atoms with E-state index in [1.165, 1.54) is 0 Å². The van der Waals surface area contributed by atoms with E-state index in [4.69, 9.17) is 4.74 Å². The molecular formula is C21H23NO2. The van der Waals surface area contributed by atoms with Gasteiger partial charge in [-0.1, -0.05) is 38.1 Å². The van der Waals surface area contributed by atoms with Crippen molar-refractivity contribution >= 4 is 17.7 Å². The van der Waals surface area contributed by atoms with Crippen molar-refractivity contribution in [3.63, 3.8) is 0 Å². The Labute approximate surface area is 143 Å². The van der Waals surface area contributed by atoms with Crippen molar-refractivity contribution in [3.05, 3.63) is 65.2 Å². The molecule has 1 heterocycles. The molecule has 0 radical (unpaired) electrons. The maximum absolute atomic E-state index is 12.8. The van der Waals surface area contributed by atoms with Crippen molar-refractivity contribution in [2.45, 2.75) is 20.3 Å². The number of benzene rings is 2. The van der Waals surface area contributed by atoms with Crippen molar-refractivity contribution in [2.75, 3.05) is 18.6 Å². The zero-order chi connectivity index (χ0) is 17.1. The van der Waals surface area contributed by atoms with Crippen molar-refractivity contribution in [1.29, 1.82) is 0 Å². The van der Waals surface area contributed by atoms with Crippen LogP contribution in [0.1, 0.15) is 35.3 Å². The number of nitrogens with zero attached hydrogens (tertiary/aromatic N) is 1. The molecule has 3 heteroatoms. The Morgan fingerprint density at radius 2 is 1.88 bits per heavy atom. The molecule has 24 heavy (non-hydrogen) atoms. The topological polar surface area (TPSA) is 29.5 Å². The maximum atomic E-state index is 12.8. The standard InChI is InChI=1S/C21H23NO2/c1-15(2)4-5-16-6-8-18(9-7-16)22-13-12-17-14-19(24-3)10-11-20(17)21(22)23/h4-11,14-15H,12-13H2,1-3H3. The van der Waals surface area contributed by atoms with Gasteiger partial charge in [0.05, 0.1) is 7.11 Å². The van der Waals surface area contributed by atoms with Gasteiger partial charge in [-0.05, 0) is 53.8 Å². The first kappa shape index (κ1) is 16.3. The third kappa shape index (κ3) is 3.35. The number of hydrogen-bond acceptors (Lipinski definition) is 2. The van der Waals surface area contributed by atoms with E-state index >= 15 is 0 Å². The van der Waals surface area contributed by atoms with Gasteiger partial charge in [-0.2, -0.15) is 0 Å². The van der Waals surface area contributed by atoms with Gasteiger partial charge in [0, 0.05) is 17.8 Å². The first-order chi connectivity index (χ1) is 11.6. The van der Waals surface area contributed by atoms with Crippen molar-refractivity contribution in [2.24, 2.45) is 5.92 Å². The maximum Gasteiger partial charge on any atom is 0.258 e. The lowest BCUT2D eigenvalue weighted by molar-refractivity contribution is 0.0980. The monoisotopic (exact) mass is 321 g/mol. The summed E-state index contributed by atoms with van der Waals surface area (Å²) < 4.78 is 5.25. The van der Waals surface area contributed by atoms with Crippen LogP contribution in [0.3, 0.4) is 0 Å². The van der Waals surface area contributed by atoms with Crippen molar-refractivity contribution in [3.8, 4) is 5.75 Å². The fourth-order valence-corrected chi connectivity index (χ4v) is 2.91. The van der Waals surface area contributed by atoms with Gasteiger partial charge in [-0.15, -0.1) is 0 Å². The third-order valence-corrected chi connectivity index (χ3v) is 4.27. The van der Waals surface area contributed by atoms with E-state index < -0.39 is 0 Å². The average molecular weight is 321 g/mol. The van der Waals surface area contributed by atoms with E-state index in [-0.39, 0.29) is 5.91 Å². The van der Waals surface area contributed by atoms with Gasteiger partial charge in [0.25, 0.3) is 5.91 Å². The van der Waals surface area contributed by atoms with Gasteiger partial charge in [-0.25, -0.2) is 0 Å². The van der Waals surface area contributed by atoms with Gasteiger partial charge in [0.15, 0.2) is 0 Å². The lowest BCUT2D eigenvalue weighted by Crippen LogP contribution is -2.37. The number of rotatable bonds is 4. The lowest BCUT2D eigenvalue weighted by Gasteiger charge is -2.29. The summed E-state index contributed by atoms with van der Waals surface area (Å²) in [5.41, 5.74) is 3.93. The number of ether oxygens (including phenoxy) is 1. The Kier molecular flexibility index (Phi) is 4.70. The van der Waals surface area contributed by atoms with E-state index in [1.54, 1.807) is 7.11 Å². The van der Waals surface area contributed by atoms with Crippen LogP contribution in [0, 0.1) is 5.92 Å². The molecule has 1 aliphatic rings. The first-order valence-corrected chi connectivity index (χ1v) is 8.35. The van der Waals surface area contributed by atoms with Crippen LogP contribution >= 0.6 is 0 Å². The predicted molar refractivity (Wildman–Crippen MR) is 98.7 cm³/mol. The Morgan fingerprint density at radius 3 is 2.54 bits per heavy atom. The fraction of sp³-hybridized carbons (Fsp3) is 0.286. The van der Waals surface area contributed by atoms with Crippen molar-refractivity contribution in [1.82, 2.24) is 0 Å². The third-order valence-electron chi connectivity index (χ3n) is 4.27. The van der Waals surface area contributed by atoms with Gasteiger partial charge < -0.3 is 9.64 Å². The molecule has 3 nitrogen and oxygen atoms in total. The molecular weight excluding hydrogens is 298 g/mol. The molecule has 124 valence electrons. The minimum Gasteiger partial charge on any atom is -0.497 e. The fourth-order valence-electron chi connectivity index (χ4n) is 2.91. The molecule has 0 aliphatic carbocycles. The number of allylic oxidation sites excluding steroid dienone is 1. The number of carbonyl (C=O) groups is 1. The molecule has 0 aromatic heterocycles. The Balaban J connectivity index is 1.82. The van der Waals surface area contributed by atoms with Crippen LogP contribution in [0.2, 0.25) is 0 Å². The number of anilines is 1. The second-order valence-electron chi connectivity index (χ2n) is 6.42.